The average Bonchev–Trinajstić information content (AvgIpc) is 2.54. The number of urea groups is 1. The van der Waals surface area contributed by atoms with Crippen LogP contribution in [-0.2, 0) is 6.54 Å². The van der Waals surface area contributed by atoms with Crippen molar-refractivity contribution in [1.82, 2.24) is 15.6 Å². The van der Waals surface area contributed by atoms with Gasteiger partial charge in [0.05, 0.1) is 24.9 Å². The maximum Gasteiger partial charge on any atom is 0.315 e. The van der Waals surface area contributed by atoms with Gasteiger partial charge in [0.15, 0.2) is 0 Å². The third kappa shape index (κ3) is 3.62. The molecule has 0 unspecified atom stereocenters. The van der Waals surface area contributed by atoms with Gasteiger partial charge in [0.25, 0.3) is 0 Å². The number of hydrogen-bond acceptors (Lipinski definition) is 3. The number of amides is 2. The van der Waals surface area contributed by atoms with Gasteiger partial charge in [-0.3, -0.25) is 4.98 Å². The Bertz CT molecular complexity index is 715. The lowest BCUT2D eigenvalue weighted by atomic mass is 9.98. The van der Waals surface area contributed by atoms with Crippen LogP contribution in [0.1, 0.15) is 35.0 Å². The third-order valence-electron chi connectivity index (χ3n) is 3.95. The Kier molecular flexibility index (Phi) is 4.46. The number of nitrogens with one attached hydrogen (secondary N) is 2. The number of fused-ring (bicyclic) bond motifs is 1. The van der Waals surface area contributed by atoms with E-state index in [1.165, 1.54) is 0 Å². The number of aryl methyl sites for hydroxylation is 2. The van der Waals surface area contributed by atoms with E-state index in [0.717, 1.165) is 34.7 Å². The van der Waals surface area contributed by atoms with Crippen molar-refractivity contribution in [3.8, 4) is 5.75 Å². The van der Waals surface area contributed by atoms with Gasteiger partial charge < -0.3 is 15.4 Å². The van der Waals surface area contributed by atoms with Gasteiger partial charge in [-0.2, -0.15) is 0 Å². The van der Waals surface area contributed by atoms with Gasteiger partial charge in [0.2, 0.25) is 0 Å². The Morgan fingerprint density at radius 1 is 1.26 bits per heavy atom. The number of hydrogen-bond donors (Lipinski definition) is 2. The van der Waals surface area contributed by atoms with E-state index in [0.29, 0.717) is 13.2 Å². The Labute approximate surface area is 136 Å². The molecule has 2 amide bonds. The van der Waals surface area contributed by atoms with E-state index in [4.69, 9.17) is 4.74 Å². The number of benzene rings is 1. The molecular formula is C18H21N3O2. The molecule has 1 aliphatic heterocycles. The average molecular weight is 311 g/mol. The molecule has 0 saturated carbocycles. The van der Waals surface area contributed by atoms with E-state index in [9.17, 15) is 4.79 Å². The van der Waals surface area contributed by atoms with Crippen LogP contribution in [0.5, 0.6) is 5.75 Å². The fraction of sp³-hybridized carbons (Fsp3) is 0.333. The normalized spacial score (nSPS) is 16.2. The van der Waals surface area contributed by atoms with Crippen LogP contribution in [0, 0.1) is 13.8 Å². The van der Waals surface area contributed by atoms with Crippen molar-refractivity contribution in [2.75, 3.05) is 6.61 Å². The predicted octanol–water partition coefficient (Wildman–Crippen LogP) is 3.02. The Morgan fingerprint density at radius 3 is 2.91 bits per heavy atom. The van der Waals surface area contributed by atoms with Crippen LogP contribution in [0.15, 0.2) is 36.4 Å². The van der Waals surface area contributed by atoms with Crippen LogP contribution in [0.2, 0.25) is 0 Å². The van der Waals surface area contributed by atoms with Crippen molar-refractivity contribution in [2.45, 2.75) is 32.9 Å². The molecule has 1 aromatic heterocycles. The summed E-state index contributed by atoms with van der Waals surface area (Å²) in [5.74, 6) is 0.893. The topological polar surface area (TPSA) is 63.2 Å². The zero-order valence-electron chi connectivity index (χ0n) is 13.4. The molecular weight excluding hydrogens is 290 g/mol. The van der Waals surface area contributed by atoms with Crippen LogP contribution >= 0.6 is 0 Å². The molecule has 5 heteroatoms. The molecule has 2 N–H and O–H groups in total. The summed E-state index contributed by atoms with van der Waals surface area (Å²) in [5, 5.41) is 5.89. The van der Waals surface area contributed by atoms with Crippen LogP contribution in [0.4, 0.5) is 4.79 Å². The second-order valence-corrected chi connectivity index (χ2v) is 5.78. The van der Waals surface area contributed by atoms with E-state index in [-0.39, 0.29) is 12.1 Å². The van der Waals surface area contributed by atoms with Crippen LogP contribution < -0.4 is 15.4 Å². The van der Waals surface area contributed by atoms with Gasteiger partial charge >= 0.3 is 6.03 Å². The first-order chi connectivity index (χ1) is 11.1. The minimum absolute atomic E-state index is 0.0240. The first-order valence-electron chi connectivity index (χ1n) is 7.82. The van der Waals surface area contributed by atoms with Gasteiger partial charge in [-0.05, 0) is 31.5 Å². The summed E-state index contributed by atoms with van der Waals surface area (Å²) in [6.07, 6.45) is 0.770. The number of para-hydroxylation sites is 1. The summed E-state index contributed by atoms with van der Waals surface area (Å²) in [7, 11) is 0. The Morgan fingerprint density at radius 2 is 2.09 bits per heavy atom. The van der Waals surface area contributed by atoms with Gasteiger partial charge in [-0.25, -0.2) is 4.79 Å². The number of rotatable bonds is 3. The van der Waals surface area contributed by atoms with Crippen molar-refractivity contribution in [2.24, 2.45) is 0 Å². The molecule has 2 heterocycles. The standard InChI is InChI=1S/C18H21N3O2/c1-12-5-3-8-15-16(9-10-23-17(12)15)21-18(22)19-11-14-7-4-6-13(2)20-14/h3-8,16H,9-11H2,1-2H3,(H2,19,21,22)/t16-/m1/s1. The highest BCUT2D eigenvalue weighted by Crippen LogP contribution is 2.34. The first kappa shape index (κ1) is 15.3. The summed E-state index contributed by atoms with van der Waals surface area (Å²) in [5.41, 5.74) is 3.93. The molecule has 5 nitrogen and oxygen atoms in total. The molecule has 0 fully saturated rings. The number of nitrogens with zero attached hydrogens (tertiary/aromatic N) is 1. The molecule has 1 aliphatic rings. The summed E-state index contributed by atoms with van der Waals surface area (Å²) in [6.45, 7) is 4.98. The second-order valence-electron chi connectivity index (χ2n) is 5.78. The molecule has 120 valence electrons. The SMILES string of the molecule is Cc1cccc(CNC(=O)N[C@@H]2CCOc3c(C)cccc32)n1. The van der Waals surface area contributed by atoms with E-state index in [1.54, 1.807) is 0 Å². The number of carbonyl (C=O) groups excluding carboxylic acids is 1. The summed E-state index contributed by atoms with van der Waals surface area (Å²) >= 11 is 0. The van der Waals surface area contributed by atoms with Gasteiger partial charge in [-0.15, -0.1) is 0 Å². The molecule has 0 aliphatic carbocycles. The van der Waals surface area contributed by atoms with Crippen LogP contribution in [-0.4, -0.2) is 17.6 Å². The number of aromatic nitrogens is 1. The maximum absolute atomic E-state index is 12.2. The summed E-state index contributed by atoms with van der Waals surface area (Å²) < 4.78 is 5.73. The van der Waals surface area contributed by atoms with E-state index < -0.39 is 0 Å². The minimum atomic E-state index is -0.187. The number of pyridine rings is 1. The van der Waals surface area contributed by atoms with E-state index in [2.05, 4.69) is 15.6 Å². The summed E-state index contributed by atoms with van der Waals surface area (Å²) in [4.78, 5) is 16.6. The highest BCUT2D eigenvalue weighted by Gasteiger charge is 2.23. The van der Waals surface area contributed by atoms with Crippen molar-refractivity contribution in [1.29, 1.82) is 0 Å². The smallest absolute Gasteiger partial charge is 0.315 e. The van der Waals surface area contributed by atoms with E-state index >= 15 is 0 Å². The quantitative estimate of drug-likeness (QED) is 0.916. The fourth-order valence-corrected chi connectivity index (χ4v) is 2.81. The zero-order valence-corrected chi connectivity index (χ0v) is 13.4. The van der Waals surface area contributed by atoms with Gasteiger partial charge in [0.1, 0.15) is 5.75 Å². The largest absolute Gasteiger partial charge is 0.493 e. The molecule has 23 heavy (non-hydrogen) atoms. The lowest BCUT2D eigenvalue weighted by Gasteiger charge is -2.27. The van der Waals surface area contributed by atoms with E-state index in [1.807, 2.05) is 50.2 Å². The van der Waals surface area contributed by atoms with Crippen LogP contribution in [0.3, 0.4) is 0 Å². The second kappa shape index (κ2) is 6.69. The highest BCUT2D eigenvalue weighted by molar-refractivity contribution is 5.74. The van der Waals surface area contributed by atoms with Gasteiger partial charge in [0, 0.05) is 17.7 Å². The Hall–Kier alpha value is -2.56. The molecule has 0 spiro atoms. The van der Waals surface area contributed by atoms with Crippen molar-refractivity contribution < 1.29 is 9.53 Å². The number of carbonyl (C=O) groups is 1. The molecule has 2 aromatic rings. The lowest BCUT2D eigenvalue weighted by molar-refractivity contribution is 0.222. The van der Waals surface area contributed by atoms with Crippen molar-refractivity contribution in [3.63, 3.8) is 0 Å². The molecule has 1 aromatic carbocycles. The van der Waals surface area contributed by atoms with Crippen molar-refractivity contribution in [3.05, 3.63) is 58.9 Å². The third-order valence-corrected chi connectivity index (χ3v) is 3.95. The molecule has 0 saturated heterocycles. The fourth-order valence-electron chi connectivity index (χ4n) is 2.81. The predicted molar refractivity (Wildman–Crippen MR) is 88.4 cm³/mol. The molecule has 1 atom stereocenters. The highest BCUT2D eigenvalue weighted by atomic mass is 16.5. The maximum atomic E-state index is 12.2. The zero-order chi connectivity index (χ0) is 16.2. The first-order valence-corrected chi connectivity index (χ1v) is 7.82. The summed E-state index contributed by atoms with van der Waals surface area (Å²) in [6, 6.07) is 11.6. The Balaban J connectivity index is 1.62. The molecule has 0 bridgehead atoms. The lowest BCUT2D eigenvalue weighted by Crippen LogP contribution is -2.39. The molecule has 0 radical (unpaired) electrons. The van der Waals surface area contributed by atoms with Gasteiger partial charge in [-0.1, -0.05) is 24.3 Å². The van der Waals surface area contributed by atoms with Crippen molar-refractivity contribution >= 4 is 6.03 Å². The van der Waals surface area contributed by atoms with Crippen LogP contribution in [0.25, 0.3) is 0 Å². The molecule has 3 rings (SSSR count). The minimum Gasteiger partial charge on any atom is -0.493 e. The number of ether oxygens (including phenoxy) is 1. The monoisotopic (exact) mass is 311 g/mol.